The predicted octanol–water partition coefficient (Wildman–Crippen LogP) is 3.40. The third kappa shape index (κ3) is 4.31. The molecule has 2 fully saturated rings. The summed E-state index contributed by atoms with van der Waals surface area (Å²) in [4.78, 5) is 29.2. The monoisotopic (exact) mass is 466 g/mol. The van der Waals surface area contributed by atoms with Gasteiger partial charge in [0.1, 0.15) is 17.0 Å². The van der Waals surface area contributed by atoms with Gasteiger partial charge in [-0.1, -0.05) is 19.3 Å². The summed E-state index contributed by atoms with van der Waals surface area (Å²) in [5, 5.41) is 7.99. The summed E-state index contributed by atoms with van der Waals surface area (Å²) < 4.78 is 12.8. The zero-order valence-electron chi connectivity index (χ0n) is 20.1. The van der Waals surface area contributed by atoms with Gasteiger partial charge in [-0.3, -0.25) is 14.3 Å². The van der Waals surface area contributed by atoms with E-state index >= 15 is 0 Å². The molecule has 1 N–H and O–H groups in total. The van der Waals surface area contributed by atoms with Crippen molar-refractivity contribution >= 4 is 11.8 Å². The quantitative estimate of drug-likeness (QED) is 0.705. The van der Waals surface area contributed by atoms with Crippen LogP contribution in [0.3, 0.4) is 0 Å². The standard InChI is InChI=1S/C26H34N4O4/c1-26(25(32)27-19-7-4-3-5-8-19)17-30-23(24(31)29(26)16-21-9-6-14-34-21)15-22(28-30)18-10-12-20(33-2)13-11-18/h10-13,15,19,21H,3-9,14,16-17H2,1-2H3,(H,27,32)/t21-,26+/m0/s1. The van der Waals surface area contributed by atoms with E-state index in [-0.39, 0.29) is 24.0 Å². The fraction of sp³-hybridized carbons (Fsp3) is 0.577. The maximum Gasteiger partial charge on any atom is 0.273 e. The van der Waals surface area contributed by atoms with Gasteiger partial charge in [0.2, 0.25) is 5.91 Å². The summed E-state index contributed by atoms with van der Waals surface area (Å²) in [6.07, 6.45) is 7.33. The van der Waals surface area contributed by atoms with Gasteiger partial charge in [-0.2, -0.15) is 5.10 Å². The molecule has 1 aromatic carbocycles. The van der Waals surface area contributed by atoms with Crippen LogP contribution in [0, 0.1) is 0 Å². The van der Waals surface area contributed by atoms with Crippen molar-refractivity contribution in [3.8, 4) is 17.0 Å². The molecule has 2 aliphatic heterocycles. The molecule has 1 aliphatic carbocycles. The first-order chi connectivity index (χ1) is 16.5. The van der Waals surface area contributed by atoms with Crippen LogP contribution in [0.1, 0.15) is 62.4 Å². The molecule has 2 amide bonds. The molecular formula is C26H34N4O4. The molecule has 8 nitrogen and oxygen atoms in total. The molecule has 182 valence electrons. The van der Waals surface area contributed by atoms with Crippen LogP contribution in [0.5, 0.6) is 5.75 Å². The smallest absolute Gasteiger partial charge is 0.273 e. The Bertz CT molecular complexity index is 1040. The number of nitrogens with one attached hydrogen (secondary N) is 1. The van der Waals surface area contributed by atoms with Crippen LogP contribution in [-0.4, -0.2) is 64.4 Å². The van der Waals surface area contributed by atoms with E-state index in [1.165, 1.54) is 6.42 Å². The molecule has 8 heteroatoms. The number of ether oxygens (including phenoxy) is 2. The molecule has 3 heterocycles. The van der Waals surface area contributed by atoms with Crippen LogP contribution in [0.2, 0.25) is 0 Å². The molecule has 0 spiro atoms. The largest absolute Gasteiger partial charge is 0.497 e. The summed E-state index contributed by atoms with van der Waals surface area (Å²) in [6, 6.07) is 9.60. The van der Waals surface area contributed by atoms with Gasteiger partial charge in [0.15, 0.2) is 0 Å². The lowest BCUT2D eigenvalue weighted by Crippen LogP contribution is -2.66. The highest BCUT2D eigenvalue weighted by Gasteiger charge is 2.49. The Hall–Kier alpha value is -2.87. The van der Waals surface area contributed by atoms with Crippen molar-refractivity contribution in [1.29, 1.82) is 0 Å². The molecule has 2 atom stereocenters. The second kappa shape index (κ2) is 9.41. The van der Waals surface area contributed by atoms with Gasteiger partial charge < -0.3 is 19.7 Å². The number of aromatic nitrogens is 2. The van der Waals surface area contributed by atoms with Crippen molar-refractivity contribution in [2.24, 2.45) is 0 Å². The molecule has 2 aromatic rings. The zero-order valence-corrected chi connectivity index (χ0v) is 20.1. The third-order valence-electron chi connectivity index (χ3n) is 7.52. The lowest BCUT2D eigenvalue weighted by Gasteiger charge is -2.44. The van der Waals surface area contributed by atoms with Crippen LogP contribution in [0.15, 0.2) is 30.3 Å². The van der Waals surface area contributed by atoms with Gasteiger partial charge in [0, 0.05) is 24.8 Å². The molecule has 0 bridgehead atoms. The van der Waals surface area contributed by atoms with Gasteiger partial charge in [-0.05, 0) is 62.9 Å². The summed E-state index contributed by atoms with van der Waals surface area (Å²) in [5.74, 6) is 0.492. The molecular weight excluding hydrogens is 432 g/mol. The average Bonchev–Trinajstić information content (AvgIpc) is 3.52. The summed E-state index contributed by atoms with van der Waals surface area (Å²) in [7, 11) is 1.63. The zero-order chi connectivity index (χ0) is 23.7. The summed E-state index contributed by atoms with van der Waals surface area (Å²) in [6.45, 7) is 3.30. The van der Waals surface area contributed by atoms with Gasteiger partial charge in [-0.25, -0.2) is 0 Å². The summed E-state index contributed by atoms with van der Waals surface area (Å²) >= 11 is 0. The number of benzene rings is 1. The first-order valence-corrected chi connectivity index (χ1v) is 12.4. The minimum Gasteiger partial charge on any atom is -0.497 e. The fourth-order valence-electron chi connectivity index (χ4n) is 5.41. The average molecular weight is 467 g/mol. The number of carbonyl (C=O) groups is 2. The van der Waals surface area contributed by atoms with Crippen LogP contribution in [-0.2, 0) is 16.1 Å². The van der Waals surface area contributed by atoms with Gasteiger partial charge in [0.05, 0.1) is 25.5 Å². The Labute approximate surface area is 200 Å². The first-order valence-electron chi connectivity index (χ1n) is 12.4. The van der Waals surface area contributed by atoms with Crippen molar-refractivity contribution in [1.82, 2.24) is 20.0 Å². The minimum atomic E-state index is -1.03. The maximum absolute atomic E-state index is 13.8. The Kier molecular flexibility index (Phi) is 6.34. The number of carbonyl (C=O) groups excluding carboxylic acids is 2. The molecule has 3 aliphatic rings. The summed E-state index contributed by atoms with van der Waals surface area (Å²) in [5.41, 5.74) is 1.08. The van der Waals surface area contributed by atoms with E-state index in [9.17, 15) is 9.59 Å². The van der Waals surface area contributed by atoms with Crippen molar-refractivity contribution in [3.05, 3.63) is 36.0 Å². The topological polar surface area (TPSA) is 85.7 Å². The van der Waals surface area contributed by atoms with Crippen LogP contribution in [0.25, 0.3) is 11.3 Å². The number of rotatable bonds is 6. The molecule has 34 heavy (non-hydrogen) atoms. The number of nitrogens with zero attached hydrogens (tertiary/aromatic N) is 3. The van der Waals surface area contributed by atoms with E-state index in [0.29, 0.717) is 31.1 Å². The Morgan fingerprint density at radius 2 is 1.94 bits per heavy atom. The first kappa shape index (κ1) is 22.9. The third-order valence-corrected chi connectivity index (χ3v) is 7.52. The van der Waals surface area contributed by atoms with Gasteiger partial charge in [0.25, 0.3) is 5.91 Å². The predicted molar refractivity (Wildman–Crippen MR) is 128 cm³/mol. The van der Waals surface area contributed by atoms with E-state index in [0.717, 1.165) is 49.8 Å². The van der Waals surface area contributed by atoms with Crippen LogP contribution >= 0.6 is 0 Å². The number of fused-ring (bicyclic) bond motifs is 1. The van der Waals surface area contributed by atoms with Gasteiger partial charge in [-0.15, -0.1) is 0 Å². The molecule has 1 aromatic heterocycles. The number of amides is 2. The normalized spacial score (nSPS) is 25.3. The SMILES string of the molecule is COc1ccc(-c2cc3n(n2)C[C@](C)(C(=O)NC2CCCCC2)N(C[C@@H]2CCCO2)C3=O)cc1. The van der Waals surface area contributed by atoms with Crippen LogP contribution < -0.4 is 10.1 Å². The highest BCUT2D eigenvalue weighted by Crippen LogP contribution is 2.32. The van der Waals surface area contributed by atoms with E-state index in [1.54, 1.807) is 16.7 Å². The van der Waals surface area contributed by atoms with Crippen molar-refractivity contribution in [2.75, 3.05) is 20.3 Å². The molecule has 5 rings (SSSR count). The van der Waals surface area contributed by atoms with E-state index < -0.39 is 5.54 Å². The highest BCUT2D eigenvalue weighted by molar-refractivity contribution is 6.00. The fourth-order valence-corrected chi connectivity index (χ4v) is 5.41. The van der Waals surface area contributed by atoms with E-state index in [2.05, 4.69) is 5.32 Å². The van der Waals surface area contributed by atoms with Crippen LogP contribution in [0.4, 0.5) is 0 Å². The Morgan fingerprint density at radius 1 is 1.18 bits per heavy atom. The maximum atomic E-state index is 13.8. The highest BCUT2D eigenvalue weighted by atomic mass is 16.5. The second-order valence-electron chi connectivity index (χ2n) is 9.93. The Balaban J connectivity index is 1.46. The molecule has 1 saturated carbocycles. The van der Waals surface area contributed by atoms with Crippen molar-refractivity contribution in [3.63, 3.8) is 0 Å². The van der Waals surface area contributed by atoms with Crippen molar-refractivity contribution < 1.29 is 19.1 Å². The Morgan fingerprint density at radius 3 is 2.62 bits per heavy atom. The van der Waals surface area contributed by atoms with Crippen molar-refractivity contribution in [2.45, 2.75) is 76.1 Å². The second-order valence-corrected chi connectivity index (χ2v) is 9.93. The lowest BCUT2D eigenvalue weighted by molar-refractivity contribution is -0.134. The molecule has 0 unspecified atom stereocenters. The van der Waals surface area contributed by atoms with E-state index in [4.69, 9.17) is 14.6 Å². The van der Waals surface area contributed by atoms with Gasteiger partial charge >= 0.3 is 0 Å². The lowest BCUT2D eigenvalue weighted by atomic mass is 9.91. The molecule has 0 radical (unpaired) electrons. The van der Waals surface area contributed by atoms with E-state index in [1.807, 2.05) is 37.3 Å². The minimum absolute atomic E-state index is 0.0405. The number of methoxy groups -OCH3 is 1. The number of hydrogen-bond donors (Lipinski definition) is 1. The molecule has 1 saturated heterocycles. The number of hydrogen-bond acceptors (Lipinski definition) is 5.